The van der Waals surface area contributed by atoms with Gasteiger partial charge in [0.05, 0.1) is 18.8 Å². The van der Waals surface area contributed by atoms with Crippen molar-refractivity contribution in [1.29, 1.82) is 0 Å². The highest BCUT2D eigenvalue weighted by atomic mass is 16.6. The topological polar surface area (TPSA) is 49.8 Å². The second-order valence-electron chi connectivity index (χ2n) is 3.63. The predicted octanol–water partition coefficient (Wildman–Crippen LogP) is 0.990. The molecule has 1 aliphatic rings. The molecule has 1 heterocycles. The van der Waals surface area contributed by atoms with E-state index in [9.17, 15) is 9.90 Å². The Bertz CT molecular complexity index is 189. The van der Waals surface area contributed by atoms with Crippen molar-refractivity contribution in [3.05, 3.63) is 0 Å². The molecule has 76 valence electrons. The molecule has 0 aromatic carbocycles. The predicted molar refractivity (Wildman–Crippen MR) is 48.5 cm³/mol. The van der Waals surface area contributed by atoms with E-state index in [1.165, 1.54) is 0 Å². The second-order valence-corrected chi connectivity index (χ2v) is 3.63. The Kier molecular flexibility index (Phi) is 3.14. The molecule has 0 radical (unpaired) electrons. The fourth-order valence-electron chi connectivity index (χ4n) is 1.43. The van der Waals surface area contributed by atoms with E-state index in [0.29, 0.717) is 13.2 Å². The smallest absolute Gasteiger partial charge is 0.410 e. The molecule has 1 amide bonds. The number of aliphatic hydroxyl groups excluding tert-OH is 1. The number of hydrogen-bond acceptors (Lipinski definition) is 3. The van der Waals surface area contributed by atoms with E-state index < -0.39 is 5.54 Å². The summed E-state index contributed by atoms with van der Waals surface area (Å²) in [6.45, 7) is 5.00. The molecule has 4 nitrogen and oxygen atoms in total. The number of carbonyl (C=O) groups excluding carboxylic acids is 1. The normalized spacial score (nSPS) is 22.4. The van der Waals surface area contributed by atoms with Crippen LogP contribution in [0, 0.1) is 0 Å². The van der Waals surface area contributed by atoms with Crippen molar-refractivity contribution in [3.8, 4) is 0 Å². The van der Waals surface area contributed by atoms with Crippen LogP contribution in [0.3, 0.4) is 0 Å². The maximum Gasteiger partial charge on any atom is 0.410 e. The van der Waals surface area contributed by atoms with Gasteiger partial charge in [0.1, 0.15) is 0 Å². The molecule has 1 rings (SSSR count). The zero-order chi connectivity index (χ0) is 9.90. The van der Waals surface area contributed by atoms with E-state index in [2.05, 4.69) is 0 Å². The minimum Gasteiger partial charge on any atom is -0.449 e. The largest absolute Gasteiger partial charge is 0.449 e. The van der Waals surface area contributed by atoms with Crippen molar-refractivity contribution < 1.29 is 14.6 Å². The lowest BCUT2D eigenvalue weighted by Crippen LogP contribution is -2.54. The highest BCUT2D eigenvalue weighted by Crippen LogP contribution is 2.22. The third kappa shape index (κ3) is 1.94. The van der Waals surface area contributed by atoms with Gasteiger partial charge in [-0.25, -0.2) is 4.79 Å². The molecule has 0 aliphatic carbocycles. The molecule has 1 aliphatic heterocycles. The summed E-state index contributed by atoms with van der Waals surface area (Å²) in [7, 11) is 0. The van der Waals surface area contributed by atoms with Crippen LogP contribution in [0.5, 0.6) is 0 Å². The van der Waals surface area contributed by atoms with Crippen molar-refractivity contribution >= 4 is 6.09 Å². The van der Waals surface area contributed by atoms with E-state index in [4.69, 9.17) is 4.74 Å². The van der Waals surface area contributed by atoms with Gasteiger partial charge in [0.25, 0.3) is 0 Å². The van der Waals surface area contributed by atoms with Crippen molar-refractivity contribution in [2.75, 3.05) is 19.8 Å². The molecular formula is C9H17NO3. The van der Waals surface area contributed by atoms with Gasteiger partial charge in [-0.15, -0.1) is 0 Å². The fraction of sp³-hybridized carbons (Fsp3) is 0.889. The lowest BCUT2D eigenvalue weighted by atomic mass is 9.97. The van der Waals surface area contributed by atoms with Crippen molar-refractivity contribution in [1.82, 2.24) is 4.90 Å². The zero-order valence-electron chi connectivity index (χ0n) is 8.25. The van der Waals surface area contributed by atoms with Crippen LogP contribution in [-0.2, 0) is 4.74 Å². The van der Waals surface area contributed by atoms with Gasteiger partial charge in [0.15, 0.2) is 0 Å². The van der Waals surface area contributed by atoms with Crippen LogP contribution in [0.2, 0.25) is 0 Å². The Morgan fingerprint density at radius 1 is 1.69 bits per heavy atom. The first-order valence-corrected chi connectivity index (χ1v) is 4.69. The Morgan fingerprint density at radius 2 is 2.38 bits per heavy atom. The van der Waals surface area contributed by atoms with E-state index in [0.717, 1.165) is 12.8 Å². The third-order valence-corrected chi connectivity index (χ3v) is 2.73. The standard InChI is InChI=1S/C9H17NO3/c1-3-9(2,7-11)10-5-4-6-13-8(10)12/h11H,3-7H2,1-2H3. The van der Waals surface area contributed by atoms with Crippen LogP contribution >= 0.6 is 0 Å². The number of hydrogen-bond donors (Lipinski definition) is 1. The monoisotopic (exact) mass is 187 g/mol. The number of amides is 1. The molecule has 4 heteroatoms. The van der Waals surface area contributed by atoms with Crippen LogP contribution in [0.4, 0.5) is 4.79 Å². The molecule has 13 heavy (non-hydrogen) atoms. The van der Waals surface area contributed by atoms with Gasteiger partial charge in [0.2, 0.25) is 0 Å². The fourth-order valence-corrected chi connectivity index (χ4v) is 1.43. The van der Waals surface area contributed by atoms with E-state index in [1.807, 2.05) is 13.8 Å². The molecule has 1 atom stereocenters. The molecular weight excluding hydrogens is 170 g/mol. The van der Waals surface area contributed by atoms with Gasteiger partial charge >= 0.3 is 6.09 Å². The maximum absolute atomic E-state index is 11.4. The lowest BCUT2D eigenvalue weighted by Gasteiger charge is -2.40. The lowest BCUT2D eigenvalue weighted by molar-refractivity contribution is -0.00000452. The van der Waals surface area contributed by atoms with Crippen LogP contribution in [-0.4, -0.2) is 41.4 Å². The Morgan fingerprint density at radius 3 is 2.85 bits per heavy atom. The number of rotatable bonds is 3. The summed E-state index contributed by atoms with van der Waals surface area (Å²) in [6, 6.07) is 0. The molecule has 1 N–H and O–H groups in total. The second kappa shape index (κ2) is 3.96. The van der Waals surface area contributed by atoms with Crippen molar-refractivity contribution in [3.63, 3.8) is 0 Å². The first-order valence-electron chi connectivity index (χ1n) is 4.69. The summed E-state index contributed by atoms with van der Waals surface area (Å²) >= 11 is 0. The van der Waals surface area contributed by atoms with Gasteiger partial charge in [-0.1, -0.05) is 6.92 Å². The Labute approximate surface area is 78.5 Å². The average molecular weight is 187 g/mol. The van der Waals surface area contributed by atoms with Gasteiger partial charge < -0.3 is 14.7 Å². The summed E-state index contributed by atoms with van der Waals surface area (Å²) in [4.78, 5) is 13.0. The zero-order valence-corrected chi connectivity index (χ0v) is 8.25. The summed E-state index contributed by atoms with van der Waals surface area (Å²) < 4.78 is 4.92. The highest BCUT2D eigenvalue weighted by molar-refractivity contribution is 5.69. The Hall–Kier alpha value is -0.770. The number of ether oxygens (including phenoxy) is 1. The van der Waals surface area contributed by atoms with E-state index >= 15 is 0 Å². The quantitative estimate of drug-likeness (QED) is 0.716. The molecule has 0 aromatic rings. The Balaban J connectivity index is 2.71. The molecule has 1 unspecified atom stereocenters. The van der Waals surface area contributed by atoms with Gasteiger partial charge in [-0.2, -0.15) is 0 Å². The average Bonchev–Trinajstić information content (AvgIpc) is 2.17. The van der Waals surface area contributed by atoms with E-state index in [-0.39, 0.29) is 12.7 Å². The minimum absolute atomic E-state index is 0.0153. The molecule has 1 fully saturated rings. The van der Waals surface area contributed by atoms with Crippen LogP contribution in [0.25, 0.3) is 0 Å². The molecule has 0 saturated carbocycles. The van der Waals surface area contributed by atoms with Gasteiger partial charge in [-0.3, -0.25) is 0 Å². The minimum atomic E-state index is -0.461. The highest BCUT2D eigenvalue weighted by Gasteiger charge is 2.35. The molecule has 0 spiro atoms. The third-order valence-electron chi connectivity index (χ3n) is 2.73. The van der Waals surface area contributed by atoms with Crippen LogP contribution in [0.1, 0.15) is 26.7 Å². The summed E-state index contributed by atoms with van der Waals surface area (Å²) in [5.41, 5.74) is -0.461. The van der Waals surface area contributed by atoms with Gasteiger partial charge in [-0.05, 0) is 19.8 Å². The van der Waals surface area contributed by atoms with Crippen LogP contribution < -0.4 is 0 Å². The molecule has 1 saturated heterocycles. The van der Waals surface area contributed by atoms with Crippen LogP contribution in [0.15, 0.2) is 0 Å². The summed E-state index contributed by atoms with van der Waals surface area (Å²) in [5, 5.41) is 9.21. The van der Waals surface area contributed by atoms with Crippen molar-refractivity contribution in [2.24, 2.45) is 0 Å². The molecule has 0 aromatic heterocycles. The summed E-state index contributed by atoms with van der Waals surface area (Å²) in [6.07, 6.45) is 1.28. The number of aliphatic hydroxyl groups is 1. The summed E-state index contributed by atoms with van der Waals surface area (Å²) in [5.74, 6) is 0. The molecule has 0 bridgehead atoms. The van der Waals surface area contributed by atoms with Gasteiger partial charge in [0, 0.05) is 6.54 Å². The van der Waals surface area contributed by atoms with Crippen molar-refractivity contribution in [2.45, 2.75) is 32.2 Å². The first kappa shape index (κ1) is 10.3. The maximum atomic E-state index is 11.4. The number of cyclic esters (lactones) is 1. The number of carbonyl (C=O) groups is 1. The first-order chi connectivity index (χ1) is 6.14. The number of nitrogens with zero attached hydrogens (tertiary/aromatic N) is 1. The van der Waals surface area contributed by atoms with E-state index in [1.54, 1.807) is 4.90 Å². The SMILES string of the molecule is CCC(C)(CO)N1CCCOC1=O.